The minimum Gasteiger partial charge on any atom is -0.349 e. The minimum atomic E-state index is -0.766. The third-order valence-electron chi connectivity index (χ3n) is 3.95. The van der Waals surface area contributed by atoms with Crippen LogP contribution in [0.15, 0.2) is 18.2 Å². The van der Waals surface area contributed by atoms with Crippen molar-refractivity contribution < 1.29 is 14.1 Å². The van der Waals surface area contributed by atoms with Crippen LogP contribution in [0.1, 0.15) is 34.2 Å². The molecule has 1 aromatic carbocycles. The van der Waals surface area contributed by atoms with Crippen molar-refractivity contribution in [3.8, 4) is 0 Å². The summed E-state index contributed by atoms with van der Waals surface area (Å²) >= 11 is 0. The summed E-state index contributed by atoms with van der Waals surface area (Å²) < 4.78 is 14.9. The number of carbonyl (C=O) groups is 1. The highest BCUT2D eigenvalue weighted by molar-refractivity contribution is 5.98. The Kier molecular flexibility index (Phi) is 4.96. The molecule has 1 aromatic heterocycles. The van der Waals surface area contributed by atoms with Crippen molar-refractivity contribution in [3.05, 3.63) is 56.6 Å². The van der Waals surface area contributed by atoms with Gasteiger partial charge in [0.2, 0.25) is 0 Å². The third kappa shape index (κ3) is 3.58. The second-order valence-electron chi connectivity index (χ2n) is 5.77. The predicted octanol–water partition coefficient (Wildman–Crippen LogP) is 2.45. The van der Waals surface area contributed by atoms with E-state index in [-0.39, 0.29) is 11.6 Å². The molecule has 2 aromatic rings. The number of nitro groups is 1. The number of nitro benzene ring substituents is 1. The van der Waals surface area contributed by atoms with Crippen molar-refractivity contribution in [2.45, 2.75) is 33.2 Å². The highest BCUT2D eigenvalue weighted by Gasteiger charge is 2.23. The van der Waals surface area contributed by atoms with Crippen LogP contribution in [0.5, 0.6) is 0 Å². The Hall–Kier alpha value is -2.77. The molecule has 0 aliphatic rings. The zero-order valence-corrected chi connectivity index (χ0v) is 14.0. The number of nitrogens with one attached hydrogen (secondary N) is 1. The van der Waals surface area contributed by atoms with Crippen LogP contribution >= 0.6 is 0 Å². The molecular formula is C16H19FN4O3. The van der Waals surface area contributed by atoms with Gasteiger partial charge in [0.15, 0.2) is 0 Å². The van der Waals surface area contributed by atoms with E-state index in [2.05, 4.69) is 10.4 Å². The van der Waals surface area contributed by atoms with E-state index < -0.39 is 22.3 Å². The number of nitrogens with zero attached hydrogens (tertiary/aromatic N) is 3. The van der Waals surface area contributed by atoms with Gasteiger partial charge in [-0.3, -0.25) is 19.6 Å². The number of aromatic nitrogens is 2. The maximum absolute atomic E-state index is 13.2. The maximum atomic E-state index is 13.2. The van der Waals surface area contributed by atoms with Crippen LogP contribution in [0.3, 0.4) is 0 Å². The van der Waals surface area contributed by atoms with E-state index in [4.69, 9.17) is 0 Å². The summed E-state index contributed by atoms with van der Waals surface area (Å²) in [5.74, 6) is -1.36. The largest absolute Gasteiger partial charge is 0.349 e. The average Bonchev–Trinajstić information content (AvgIpc) is 2.73. The summed E-state index contributed by atoms with van der Waals surface area (Å²) in [6.45, 7) is 5.63. The number of amides is 1. The standard InChI is InChI=1S/C16H19FN4O3/c1-9(7-14-10(2)19-20(4)11(14)3)18-16(22)13-6-5-12(17)8-15(13)21(23)24/h5-6,8-9H,7H2,1-4H3,(H,18,22)/t9-/m1/s1. The Morgan fingerprint density at radius 2 is 2.12 bits per heavy atom. The second kappa shape index (κ2) is 6.77. The van der Waals surface area contributed by atoms with Crippen LogP contribution in [-0.4, -0.2) is 26.7 Å². The van der Waals surface area contributed by atoms with Gasteiger partial charge in [-0.25, -0.2) is 4.39 Å². The van der Waals surface area contributed by atoms with E-state index in [0.717, 1.165) is 35.2 Å². The smallest absolute Gasteiger partial charge is 0.285 e. The predicted molar refractivity (Wildman–Crippen MR) is 86.4 cm³/mol. The number of carbonyl (C=O) groups excluding carboxylic acids is 1. The van der Waals surface area contributed by atoms with Crippen molar-refractivity contribution >= 4 is 11.6 Å². The summed E-state index contributed by atoms with van der Waals surface area (Å²) in [5.41, 5.74) is 2.20. The fourth-order valence-corrected chi connectivity index (χ4v) is 2.62. The molecule has 0 saturated heterocycles. The van der Waals surface area contributed by atoms with Crippen molar-refractivity contribution in [2.75, 3.05) is 0 Å². The fraction of sp³-hybridized carbons (Fsp3) is 0.375. The monoisotopic (exact) mass is 334 g/mol. The number of rotatable bonds is 5. The fourth-order valence-electron chi connectivity index (χ4n) is 2.62. The molecule has 1 amide bonds. The molecular weight excluding hydrogens is 315 g/mol. The van der Waals surface area contributed by atoms with E-state index in [1.165, 1.54) is 0 Å². The lowest BCUT2D eigenvalue weighted by Gasteiger charge is -2.14. The lowest BCUT2D eigenvalue weighted by Crippen LogP contribution is -2.34. The molecule has 1 N–H and O–H groups in total. The van der Waals surface area contributed by atoms with E-state index in [0.29, 0.717) is 6.42 Å². The molecule has 8 heteroatoms. The van der Waals surface area contributed by atoms with Crippen LogP contribution < -0.4 is 5.32 Å². The number of hydrogen-bond acceptors (Lipinski definition) is 4. The van der Waals surface area contributed by atoms with Crippen LogP contribution in [-0.2, 0) is 13.5 Å². The number of benzene rings is 1. The van der Waals surface area contributed by atoms with Gasteiger partial charge >= 0.3 is 0 Å². The Morgan fingerprint density at radius 1 is 1.46 bits per heavy atom. The van der Waals surface area contributed by atoms with Gasteiger partial charge in [0.05, 0.1) is 16.7 Å². The van der Waals surface area contributed by atoms with Gasteiger partial charge < -0.3 is 5.32 Å². The van der Waals surface area contributed by atoms with Crippen molar-refractivity contribution in [2.24, 2.45) is 7.05 Å². The van der Waals surface area contributed by atoms with Gasteiger partial charge in [-0.2, -0.15) is 5.10 Å². The highest BCUT2D eigenvalue weighted by atomic mass is 19.1. The van der Waals surface area contributed by atoms with Crippen LogP contribution in [0.25, 0.3) is 0 Å². The van der Waals surface area contributed by atoms with Gasteiger partial charge in [-0.05, 0) is 44.9 Å². The molecule has 0 spiro atoms. The van der Waals surface area contributed by atoms with Crippen LogP contribution in [0.2, 0.25) is 0 Å². The molecule has 0 radical (unpaired) electrons. The number of halogens is 1. The Balaban J connectivity index is 2.16. The normalized spacial score (nSPS) is 12.0. The van der Waals surface area contributed by atoms with Crippen molar-refractivity contribution in [1.82, 2.24) is 15.1 Å². The molecule has 0 bridgehead atoms. The van der Waals surface area contributed by atoms with Crippen LogP contribution in [0.4, 0.5) is 10.1 Å². The number of hydrogen-bond donors (Lipinski definition) is 1. The van der Waals surface area contributed by atoms with E-state index in [1.54, 1.807) is 11.6 Å². The van der Waals surface area contributed by atoms with Crippen molar-refractivity contribution in [1.29, 1.82) is 0 Å². The molecule has 0 aliphatic heterocycles. The molecule has 7 nitrogen and oxygen atoms in total. The molecule has 1 heterocycles. The first kappa shape index (κ1) is 17.6. The Morgan fingerprint density at radius 3 is 2.67 bits per heavy atom. The van der Waals surface area contributed by atoms with Gasteiger partial charge in [-0.1, -0.05) is 0 Å². The summed E-state index contributed by atoms with van der Waals surface area (Å²) in [5, 5.41) is 18.0. The van der Waals surface area contributed by atoms with Gasteiger partial charge in [-0.15, -0.1) is 0 Å². The summed E-state index contributed by atoms with van der Waals surface area (Å²) in [6.07, 6.45) is 0.548. The molecule has 0 fully saturated rings. The Bertz CT molecular complexity index is 801. The average molecular weight is 334 g/mol. The van der Waals surface area contributed by atoms with Gasteiger partial charge in [0.25, 0.3) is 11.6 Å². The van der Waals surface area contributed by atoms with Crippen molar-refractivity contribution in [3.63, 3.8) is 0 Å². The van der Waals surface area contributed by atoms with Gasteiger partial charge in [0, 0.05) is 18.8 Å². The number of aryl methyl sites for hydroxylation is 2. The van der Waals surface area contributed by atoms with E-state index >= 15 is 0 Å². The zero-order valence-electron chi connectivity index (χ0n) is 14.0. The first-order chi connectivity index (χ1) is 11.2. The first-order valence-corrected chi connectivity index (χ1v) is 7.44. The van der Waals surface area contributed by atoms with Crippen LogP contribution in [0, 0.1) is 29.8 Å². The lowest BCUT2D eigenvalue weighted by atomic mass is 10.0. The summed E-state index contributed by atoms with van der Waals surface area (Å²) in [4.78, 5) is 22.5. The maximum Gasteiger partial charge on any atom is 0.285 e. The topological polar surface area (TPSA) is 90.1 Å². The third-order valence-corrected chi connectivity index (χ3v) is 3.95. The van der Waals surface area contributed by atoms with Gasteiger partial charge in [0.1, 0.15) is 11.4 Å². The quantitative estimate of drug-likeness (QED) is 0.672. The molecule has 0 saturated carbocycles. The molecule has 0 unspecified atom stereocenters. The molecule has 0 aliphatic carbocycles. The summed E-state index contributed by atoms with van der Waals surface area (Å²) in [6, 6.07) is 2.64. The lowest BCUT2D eigenvalue weighted by molar-refractivity contribution is -0.385. The first-order valence-electron chi connectivity index (χ1n) is 7.44. The second-order valence-corrected chi connectivity index (χ2v) is 5.77. The van der Waals surface area contributed by atoms with E-state index in [1.807, 2.05) is 20.9 Å². The molecule has 2 rings (SSSR count). The SMILES string of the molecule is Cc1nn(C)c(C)c1C[C@@H](C)NC(=O)c1ccc(F)cc1[N+](=O)[O-]. The molecule has 128 valence electrons. The highest BCUT2D eigenvalue weighted by Crippen LogP contribution is 2.20. The Labute approximate surface area is 138 Å². The van der Waals surface area contributed by atoms with E-state index in [9.17, 15) is 19.3 Å². The minimum absolute atomic E-state index is 0.159. The summed E-state index contributed by atoms with van der Waals surface area (Å²) in [7, 11) is 1.84. The molecule has 24 heavy (non-hydrogen) atoms. The molecule has 1 atom stereocenters. The zero-order chi connectivity index (χ0) is 18.0.